The zero-order chi connectivity index (χ0) is 17.0. The molecule has 0 N–H and O–H groups in total. The number of allylic oxidation sites excluding steroid dienone is 1. The Morgan fingerprint density at radius 1 is 1.17 bits per heavy atom. The molecule has 0 aromatic heterocycles. The van der Waals surface area contributed by atoms with Crippen molar-refractivity contribution in [2.45, 2.75) is 4.90 Å². The van der Waals surface area contributed by atoms with Crippen molar-refractivity contribution in [2.24, 2.45) is 0 Å². The van der Waals surface area contributed by atoms with Crippen LogP contribution in [0.3, 0.4) is 0 Å². The van der Waals surface area contributed by atoms with Gasteiger partial charge in [0.25, 0.3) is 5.69 Å². The van der Waals surface area contributed by atoms with Gasteiger partial charge in [0.2, 0.25) is 9.84 Å². The fourth-order valence-electron chi connectivity index (χ4n) is 1.83. The highest BCUT2D eigenvalue weighted by atomic mass is 35.5. The first-order valence-electron chi connectivity index (χ1n) is 6.22. The van der Waals surface area contributed by atoms with Gasteiger partial charge in [0.15, 0.2) is 0 Å². The molecule has 0 aliphatic carbocycles. The fourth-order valence-corrected chi connectivity index (χ4v) is 3.28. The van der Waals surface area contributed by atoms with Crippen LogP contribution in [0.1, 0.15) is 5.56 Å². The van der Waals surface area contributed by atoms with Crippen LogP contribution in [0.4, 0.5) is 5.69 Å². The van der Waals surface area contributed by atoms with Crippen LogP contribution in [0.15, 0.2) is 58.3 Å². The number of nitriles is 1. The fraction of sp³-hybridized carbons (Fsp3) is 0. The maximum Gasteiger partial charge on any atom is 0.288 e. The minimum atomic E-state index is -4.31. The van der Waals surface area contributed by atoms with E-state index in [0.29, 0.717) is 10.6 Å². The molecule has 2 aromatic rings. The highest BCUT2D eigenvalue weighted by molar-refractivity contribution is 7.95. The molecule has 0 heterocycles. The van der Waals surface area contributed by atoms with E-state index in [0.717, 1.165) is 18.2 Å². The predicted octanol–water partition coefficient (Wildman–Crippen LogP) is 3.59. The molecule has 0 saturated heterocycles. The van der Waals surface area contributed by atoms with Crippen molar-refractivity contribution in [1.29, 1.82) is 5.26 Å². The Morgan fingerprint density at radius 2 is 1.78 bits per heavy atom. The number of halogens is 1. The number of nitro benzene ring substituents is 1. The normalized spacial score (nSPS) is 11.7. The summed E-state index contributed by atoms with van der Waals surface area (Å²) in [4.78, 5) is 9.09. The summed E-state index contributed by atoms with van der Waals surface area (Å²) in [5, 5.41) is 20.6. The lowest BCUT2D eigenvalue weighted by Crippen LogP contribution is -2.06. The Labute approximate surface area is 137 Å². The summed E-state index contributed by atoms with van der Waals surface area (Å²) in [6.45, 7) is 0. The molecule has 0 saturated carbocycles. The molecule has 0 spiro atoms. The Morgan fingerprint density at radius 3 is 2.35 bits per heavy atom. The van der Waals surface area contributed by atoms with Crippen LogP contribution < -0.4 is 0 Å². The summed E-state index contributed by atoms with van der Waals surface area (Å²) in [7, 11) is -4.31. The number of benzene rings is 2. The molecule has 2 rings (SSSR count). The number of nitro groups is 1. The smallest absolute Gasteiger partial charge is 0.258 e. The van der Waals surface area contributed by atoms with E-state index in [4.69, 9.17) is 11.6 Å². The number of hydrogen-bond acceptors (Lipinski definition) is 5. The molecule has 0 radical (unpaired) electrons. The van der Waals surface area contributed by atoms with Crippen molar-refractivity contribution in [3.63, 3.8) is 0 Å². The summed E-state index contributed by atoms with van der Waals surface area (Å²) < 4.78 is 25.1. The van der Waals surface area contributed by atoms with Crippen molar-refractivity contribution < 1.29 is 13.3 Å². The minimum absolute atomic E-state index is 0.438. The molecule has 0 amide bonds. The van der Waals surface area contributed by atoms with E-state index >= 15 is 0 Å². The number of rotatable bonds is 4. The number of sulfone groups is 1. The predicted molar refractivity (Wildman–Crippen MR) is 85.3 cm³/mol. The first-order chi connectivity index (χ1) is 10.9. The van der Waals surface area contributed by atoms with Crippen molar-refractivity contribution >= 4 is 33.2 Å². The molecule has 0 atom stereocenters. The van der Waals surface area contributed by atoms with Crippen molar-refractivity contribution in [3.05, 3.63) is 74.1 Å². The molecule has 0 unspecified atom stereocenters. The van der Waals surface area contributed by atoms with Crippen LogP contribution in [0.2, 0.25) is 5.02 Å². The van der Waals surface area contributed by atoms with Crippen LogP contribution in [-0.2, 0) is 9.84 Å². The van der Waals surface area contributed by atoms with E-state index in [1.54, 1.807) is 18.2 Å². The molecule has 0 bridgehead atoms. The minimum Gasteiger partial charge on any atom is -0.258 e. The molecule has 0 fully saturated rings. The van der Waals surface area contributed by atoms with Crippen LogP contribution in [0.25, 0.3) is 6.08 Å². The molecule has 116 valence electrons. The van der Waals surface area contributed by atoms with Gasteiger partial charge in [-0.2, -0.15) is 5.26 Å². The van der Waals surface area contributed by atoms with Crippen LogP contribution in [-0.4, -0.2) is 13.3 Å². The Bertz CT molecular complexity index is 929. The Hall–Kier alpha value is -2.69. The molecular weight excluding hydrogens is 340 g/mol. The van der Waals surface area contributed by atoms with Crippen LogP contribution in [0, 0.1) is 21.4 Å². The SMILES string of the molecule is N#C/C(=C/c1ccc(Cl)cc1)S(=O)(=O)c1ccccc1[N+](=O)[O-]. The maximum absolute atomic E-state index is 12.5. The molecule has 0 aliphatic heterocycles. The van der Waals surface area contributed by atoms with E-state index in [1.807, 2.05) is 0 Å². The van der Waals surface area contributed by atoms with E-state index < -0.39 is 30.2 Å². The zero-order valence-electron chi connectivity index (χ0n) is 11.5. The van der Waals surface area contributed by atoms with Gasteiger partial charge in [-0.05, 0) is 29.8 Å². The van der Waals surface area contributed by atoms with Gasteiger partial charge in [-0.15, -0.1) is 0 Å². The first-order valence-corrected chi connectivity index (χ1v) is 8.08. The van der Waals surface area contributed by atoms with Crippen molar-refractivity contribution in [2.75, 3.05) is 0 Å². The summed E-state index contributed by atoms with van der Waals surface area (Å²) in [6, 6.07) is 12.6. The van der Waals surface area contributed by atoms with E-state index in [1.165, 1.54) is 24.3 Å². The second-order valence-corrected chi connectivity index (χ2v) is 6.72. The van der Waals surface area contributed by atoms with E-state index in [-0.39, 0.29) is 0 Å². The number of hydrogen-bond donors (Lipinski definition) is 0. The molecule has 23 heavy (non-hydrogen) atoms. The summed E-state index contributed by atoms with van der Waals surface area (Å²) in [5.74, 6) is 0. The summed E-state index contributed by atoms with van der Waals surface area (Å²) in [5.41, 5.74) is -0.141. The van der Waals surface area contributed by atoms with Gasteiger partial charge >= 0.3 is 0 Å². The quantitative estimate of drug-likeness (QED) is 0.477. The Balaban J connectivity index is 2.59. The molecule has 8 heteroatoms. The van der Waals surface area contributed by atoms with Gasteiger partial charge in [-0.25, -0.2) is 8.42 Å². The standard InChI is InChI=1S/C15H9ClN2O4S/c16-12-7-5-11(6-8-12)9-13(10-17)23(21,22)15-4-2-1-3-14(15)18(19)20/h1-9H/b13-9-. The third-order valence-electron chi connectivity index (χ3n) is 2.92. The third-order valence-corrected chi connectivity index (χ3v) is 4.88. The molecular formula is C15H9ClN2O4S. The summed E-state index contributed by atoms with van der Waals surface area (Å²) >= 11 is 5.74. The third kappa shape index (κ3) is 3.56. The van der Waals surface area contributed by atoms with Gasteiger partial charge in [0.05, 0.1) is 4.92 Å². The average molecular weight is 349 g/mol. The number of para-hydroxylation sites is 1. The monoisotopic (exact) mass is 348 g/mol. The van der Waals surface area contributed by atoms with Gasteiger partial charge in [0, 0.05) is 11.1 Å². The molecule has 6 nitrogen and oxygen atoms in total. The topological polar surface area (TPSA) is 101 Å². The number of nitrogens with zero attached hydrogens (tertiary/aromatic N) is 2. The average Bonchev–Trinajstić information content (AvgIpc) is 2.54. The second kappa shape index (κ2) is 6.60. The van der Waals surface area contributed by atoms with E-state index in [9.17, 15) is 23.8 Å². The van der Waals surface area contributed by atoms with Crippen LogP contribution in [0.5, 0.6) is 0 Å². The maximum atomic E-state index is 12.5. The van der Waals surface area contributed by atoms with Crippen LogP contribution >= 0.6 is 11.6 Å². The van der Waals surface area contributed by atoms with Gasteiger partial charge in [0.1, 0.15) is 15.9 Å². The first kappa shape index (κ1) is 16.7. The highest BCUT2D eigenvalue weighted by Crippen LogP contribution is 2.29. The Kier molecular flexibility index (Phi) is 4.79. The lowest BCUT2D eigenvalue weighted by Gasteiger charge is -2.04. The highest BCUT2D eigenvalue weighted by Gasteiger charge is 2.29. The van der Waals surface area contributed by atoms with Gasteiger partial charge in [-0.3, -0.25) is 10.1 Å². The summed E-state index contributed by atoms with van der Waals surface area (Å²) in [6.07, 6.45) is 1.14. The van der Waals surface area contributed by atoms with Gasteiger partial charge in [-0.1, -0.05) is 35.9 Å². The zero-order valence-corrected chi connectivity index (χ0v) is 13.1. The lowest BCUT2D eigenvalue weighted by molar-refractivity contribution is -0.387. The second-order valence-electron chi connectivity index (χ2n) is 4.40. The van der Waals surface area contributed by atoms with Gasteiger partial charge < -0.3 is 0 Å². The van der Waals surface area contributed by atoms with Crippen molar-refractivity contribution in [1.82, 2.24) is 0 Å². The lowest BCUT2D eigenvalue weighted by atomic mass is 10.2. The van der Waals surface area contributed by atoms with E-state index in [2.05, 4.69) is 0 Å². The largest absolute Gasteiger partial charge is 0.288 e. The molecule has 2 aromatic carbocycles. The molecule has 0 aliphatic rings. The van der Waals surface area contributed by atoms with Crippen molar-refractivity contribution in [3.8, 4) is 6.07 Å².